The third kappa shape index (κ3) is 2.52. The summed E-state index contributed by atoms with van der Waals surface area (Å²) in [7, 11) is -1.99. The average molecular weight is 319 g/mol. The fourth-order valence-electron chi connectivity index (χ4n) is 2.23. The van der Waals surface area contributed by atoms with Gasteiger partial charge in [-0.05, 0) is 11.6 Å². The second-order valence-corrected chi connectivity index (χ2v) is 6.85. The van der Waals surface area contributed by atoms with Gasteiger partial charge < -0.3 is 10.1 Å². The number of carbonyl (C=O) groups excluding carboxylic acids is 1. The number of anilines is 1. The fourth-order valence-corrected chi connectivity index (χ4v) is 2.75. The number of benzene rings is 1. The van der Waals surface area contributed by atoms with Gasteiger partial charge in [-0.1, -0.05) is 6.07 Å². The van der Waals surface area contributed by atoms with E-state index in [0.29, 0.717) is 23.6 Å². The summed E-state index contributed by atoms with van der Waals surface area (Å²) in [5.41, 5.74) is 2.09. The molecule has 1 aliphatic heterocycles. The van der Waals surface area contributed by atoms with E-state index in [0.717, 1.165) is 11.8 Å². The normalized spacial score (nSPS) is 13.6. The van der Waals surface area contributed by atoms with Crippen LogP contribution in [0, 0.1) is 0 Å². The Labute approximate surface area is 127 Å². The molecule has 0 aliphatic carbocycles. The Bertz CT molecular complexity index is 878. The number of carbonyl (C=O) groups is 1. The first-order valence-electron chi connectivity index (χ1n) is 6.43. The summed E-state index contributed by atoms with van der Waals surface area (Å²) in [6.45, 7) is 0. The van der Waals surface area contributed by atoms with Gasteiger partial charge in [0, 0.05) is 30.6 Å². The summed E-state index contributed by atoms with van der Waals surface area (Å²) in [4.78, 5) is 20.1. The van der Waals surface area contributed by atoms with Crippen molar-refractivity contribution in [3.8, 4) is 5.75 Å². The van der Waals surface area contributed by atoms with Gasteiger partial charge in [0.05, 0.1) is 18.4 Å². The zero-order chi connectivity index (χ0) is 15.9. The predicted molar refractivity (Wildman–Crippen MR) is 78.9 cm³/mol. The quantitative estimate of drug-likeness (QED) is 0.831. The topological polar surface area (TPSA) is 98.2 Å². The lowest BCUT2D eigenvalue weighted by Crippen LogP contribution is -2.15. The first-order chi connectivity index (χ1) is 10.4. The summed E-state index contributed by atoms with van der Waals surface area (Å²) in [5.74, 6) is 0.245. The number of methoxy groups -OCH3 is 1. The Morgan fingerprint density at radius 1 is 1.32 bits per heavy atom. The first kappa shape index (κ1) is 14.5. The zero-order valence-corrected chi connectivity index (χ0v) is 12.8. The molecule has 0 unspecified atom stereocenters. The zero-order valence-electron chi connectivity index (χ0n) is 12.0. The highest BCUT2D eigenvalue weighted by atomic mass is 32.2. The molecule has 22 heavy (non-hydrogen) atoms. The maximum absolute atomic E-state index is 12.2. The number of ether oxygens (including phenoxy) is 1. The van der Waals surface area contributed by atoms with Crippen LogP contribution in [0.1, 0.15) is 21.6 Å². The summed E-state index contributed by atoms with van der Waals surface area (Å²) < 4.78 is 28.3. The Morgan fingerprint density at radius 3 is 2.77 bits per heavy atom. The smallest absolute Gasteiger partial charge is 0.259 e. The van der Waals surface area contributed by atoms with E-state index in [1.807, 2.05) is 6.07 Å². The SMILES string of the molecule is COc1ccc2c(c1)NC(=O)c1cnc(S(C)(=O)=O)nc1C2. The number of nitrogens with one attached hydrogen (secondary N) is 1. The number of aromatic nitrogens is 2. The van der Waals surface area contributed by atoms with E-state index in [-0.39, 0.29) is 16.6 Å². The summed E-state index contributed by atoms with van der Waals surface area (Å²) in [6, 6.07) is 5.30. The van der Waals surface area contributed by atoms with Crippen molar-refractivity contribution in [3.63, 3.8) is 0 Å². The van der Waals surface area contributed by atoms with E-state index in [4.69, 9.17) is 4.74 Å². The highest BCUT2D eigenvalue weighted by molar-refractivity contribution is 7.90. The number of amides is 1. The van der Waals surface area contributed by atoms with Gasteiger partial charge in [0.15, 0.2) is 0 Å². The molecule has 7 nitrogen and oxygen atoms in total. The van der Waals surface area contributed by atoms with E-state index < -0.39 is 9.84 Å². The number of fused-ring (bicyclic) bond motifs is 2. The van der Waals surface area contributed by atoms with Crippen LogP contribution < -0.4 is 10.1 Å². The molecule has 0 fully saturated rings. The minimum absolute atomic E-state index is 0.266. The van der Waals surface area contributed by atoms with Crippen molar-refractivity contribution in [1.82, 2.24) is 9.97 Å². The molecule has 0 spiro atoms. The van der Waals surface area contributed by atoms with E-state index in [2.05, 4.69) is 15.3 Å². The van der Waals surface area contributed by atoms with Crippen LogP contribution in [0.5, 0.6) is 5.75 Å². The van der Waals surface area contributed by atoms with Crippen molar-refractivity contribution in [3.05, 3.63) is 41.2 Å². The summed E-state index contributed by atoms with van der Waals surface area (Å²) >= 11 is 0. The van der Waals surface area contributed by atoms with E-state index >= 15 is 0 Å². The monoisotopic (exact) mass is 319 g/mol. The van der Waals surface area contributed by atoms with Crippen molar-refractivity contribution >= 4 is 21.4 Å². The van der Waals surface area contributed by atoms with Crippen molar-refractivity contribution in [2.24, 2.45) is 0 Å². The van der Waals surface area contributed by atoms with E-state index in [9.17, 15) is 13.2 Å². The maximum Gasteiger partial charge on any atom is 0.259 e. The standard InChI is InChI=1S/C14H13N3O4S/c1-21-9-4-3-8-5-12-10(13(18)16-11(8)6-9)7-15-14(17-12)22(2,19)20/h3-4,6-7H,5H2,1-2H3,(H,16,18). The highest BCUT2D eigenvalue weighted by Crippen LogP contribution is 2.28. The molecule has 1 aliphatic rings. The van der Waals surface area contributed by atoms with E-state index in [1.165, 1.54) is 6.20 Å². The van der Waals surface area contributed by atoms with Crippen LogP contribution in [0.2, 0.25) is 0 Å². The molecule has 8 heteroatoms. The fraction of sp³-hybridized carbons (Fsp3) is 0.214. The van der Waals surface area contributed by atoms with Gasteiger partial charge in [0.2, 0.25) is 15.0 Å². The lowest BCUT2D eigenvalue weighted by molar-refractivity contribution is 0.102. The molecule has 1 aromatic carbocycles. The van der Waals surface area contributed by atoms with Gasteiger partial charge in [-0.2, -0.15) is 0 Å². The maximum atomic E-state index is 12.2. The van der Waals surface area contributed by atoms with Crippen LogP contribution in [-0.4, -0.2) is 37.7 Å². The first-order valence-corrected chi connectivity index (χ1v) is 8.32. The lowest BCUT2D eigenvalue weighted by atomic mass is 10.1. The molecule has 2 aromatic rings. The summed E-state index contributed by atoms with van der Waals surface area (Å²) in [5, 5.41) is 2.48. The molecule has 0 radical (unpaired) electrons. The minimum Gasteiger partial charge on any atom is -0.497 e. The Morgan fingerprint density at radius 2 is 2.09 bits per heavy atom. The van der Waals surface area contributed by atoms with Crippen LogP contribution in [0.3, 0.4) is 0 Å². The Hall–Kier alpha value is -2.48. The van der Waals surface area contributed by atoms with Gasteiger partial charge in [-0.3, -0.25) is 4.79 Å². The average Bonchev–Trinajstić information content (AvgIpc) is 2.61. The van der Waals surface area contributed by atoms with Crippen LogP contribution in [0.25, 0.3) is 0 Å². The largest absolute Gasteiger partial charge is 0.497 e. The minimum atomic E-state index is -3.53. The Balaban J connectivity index is 2.13. The molecule has 2 heterocycles. The van der Waals surface area contributed by atoms with Gasteiger partial charge in [0.25, 0.3) is 5.91 Å². The van der Waals surface area contributed by atoms with Gasteiger partial charge in [-0.25, -0.2) is 18.4 Å². The second-order valence-electron chi connectivity index (χ2n) is 4.94. The van der Waals surface area contributed by atoms with Crippen molar-refractivity contribution in [1.29, 1.82) is 0 Å². The van der Waals surface area contributed by atoms with Gasteiger partial charge >= 0.3 is 0 Å². The van der Waals surface area contributed by atoms with Crippen LogP contribution in [-0.2, 0) is 16.3 Å². The molecule has 1 N–H and O–H groups in total. The number of hydrogen-bond donors (Lipinski definition) is 1. The van der Waals surface area contributed by atoms with Gasteiger partial charge in [-0.15, -0.1) is 0 Å². The third-order valence-electron chi connectivity index (χ3n) is 3.34. The molecular weight excluding hydrogens is 306 g/mol. The van der Waals surface area contributed by atoms with Crippen LogP contribution in [0.4, 0.5) is 5.69 Å². The van der Waals surface area contributed by atoms with E-state index in [1.54, 1.807) is 19.2 Å². The number of sulfone groups is 1. The predicted octanol–water partition coefficient (Wildman–Crippen LogP) is 1.05. The molecule has 0 bridgehead atoms. The number of rotatable bonds is 2. The lowest BCUT2D eigenvalue weighted by Gasteiger charge is -2.08. The molecule has 0 atom stereocenters. The van der Waals surface area contributed by atoms with Crippen LogP contribution >= 0.6 is 0 Å². The molecule has 0 saturated carbocycles. The molecule has 1 aromatic heterocycles. The molecule has 1 amide bonds. The number of hydrogen-bond acceptors (Lipinski definition) is 6. The van der Waals surface area contributed by atoms with Crippen molar-refractivity contribution in [2.45, 2.75) is 11.6 Å². The Kier molecular flexibility index (Phi) is 3.32. The van der Waals surface area contributed by atoms with Crippen LogP contribution in [0.15, 0.2) is 29.6 Å². The molecule has 3 rings (SSSR count). The molecular formula is C14H13N3O4S. The van der Waals surface area contributed by atoms with Crippen molar-refractivity contribution in [2.75, 3.05) is 18.7 Å². The highest BCUT2D eigenvalue weighted by Gasteiger charge is 2.23. The third-order valence-corrected chi connectivity index (χ3v) is 4.20. The summed E-state index contributed by atoms with van der Waals surface area (Å²) in [6.07, 6.45) is 2.61. The van der Waals surface area contributed by atoms with Gasteiger partial charge in [0.1, 0.15) is 5.75 Å². The molecule has 0 saturated heterocycles. The van der Waals surface area contributed by atoms with Crippen molar-refractivity contribution < 1.29 is 17.9 Å². The second kappa shape index (κ2) is 5.06. The molecule has 114 valence electrons. The number of nitrogens with zero attached hydrogens (tertiary/aromatic N) is 2.